The van der Waals surface area contributed by atoms with E-state index in [0.29, 0.717) is 13.0 Å². The normalized spacial score (nSPS) is 9.50. The smallest absolute Gasteiger partial charge is 0.224 e. The number of carbonyl (C=O) groups excluding carboxylic acids is 1. The highest BCUT2D eigenvalue weighted by molar-refractivity contribution is 5.76. The van der Waals surface area contributed by atoms with Crippen LogP contribution in [0.25, 0.3) is 0 Å². The Bertz CT molecular complexity index is 196. The highest BCUT2D eigenvalue weighted by Gasteiger charge is 2.09. The number of carbonyl (C=O) groups is 1. The molecule has 0 aliphatic rings. The van der Waals surface area contributed by atoms with Gasteiger partial charge in [0.05, 0.1) is 6.54 Å². The SMILES string of the molecule is C#CCN(CCC)C(=O)CCNCC. The standard InChI is InChI=1S/C11H20N2O/c1-4-9-13(10-5-2)11(14)7-8-12-6-3/h1,12H,5-10H2,2-3H3. The fraction of sp³-hybridized carbons (Fsp3) is 0.727. The highest BCUT2D eigenvalue weighted by atomic mass is 16.2. The third kappa shape index (κ3) is 5.60. The summed E-state index contributed by atoms with van der Waals surface area (Å²) < 4.78 is 0. The van der Waals surface area contributed by atoms with Crippen LogP contribution < -0.4 is 5.32 Å². The van der Waals surface area contributed by atoms with E-state index in [1.807, 2.05) is 13.8 Å². The molecule has 0 fully saturated rings. The van der Waals surface area contributed by atoms with Crippen molar-refractivity contribution in [2.45, 2.75) is 26.7 Å². The molecule has 0 aromatic heterocycles. The number of hydrogen-bond acceptors (Lipinski definition) is 2. The van der Waals surface area contributed by atoms with Crippen LogP contribution in [0.4, 0.5) is 0 Å². The van der Waals surface area contributed by atoms with Crippen molar-refractivity contribution in [2.75, 3.05) is 26.2 Å². The van der Waals surface area contributed by atoms with E-state index in [1.165, 1.54) is 0 Å². The third-order valence-electron chi connectivity index (χ3n) is 1.89. The molecule has 0 aliphatic heterocycles. The minimum atomic E-state index is 0.144. The van der Waals surface area contributed by atoms with Gasteiger partial charge in [0.2, 0.25) is 5.91 Å². The van der Waals surface area contributed by atoms with Crippen molar-refractivity contribution in [2.24, 2.45) is 0 Å². The van der Waals surface area contributed by atoms with E-state index in [-0.39, 0.29) is 5.91 Å². The molecule has 0 rings (SSSR count). The van der Waals surface area contributed by atoms with E-state index in [2.05, 4.69) is 11.2 Å². The summed E-state index contributed by atoms with van der Waals surface area (Å²) in [7, 11) is 0. The zero-order valence-corrected chi connectivity index (χ0v) is 9.18. The van der Waals surface area contributed by atoms with Gasteiger partial charge in [0, 0.05) is 19.5 Å². The third-order valence-corrected chi connectivity index (χ3v) is 1.89. The van der Waals surface area contributed by atoms with Crippen LogP contribution in [-0.4, -0.2) is 37.0 Å². The zero-order chi connectivity index (χ0) is 10.8. The summed E-state index contributed by atoms with van der Waals surface area (Å²) >= 11 is 0. The van der Waals surface area contributed by atoms with E-state index in [1.54, 1.807) is 4.90 Å². The summed E-state index contributed by atoms with van der Waals surface area (Å²) in [5.74, 6) is 2.65. The number of hydrogen-bond donors (Lipinski definition) is 1. The summed E-state index contributed by atoms with van der Waals surface area (Å²) in [6.07, 6.45) is 6.68. The molecule has 14 heavy (non-hydrogen) atoms. The van der Waals surface area contributed by atoms with Crippen LogP contribution in [0.3, 0.4) is 0 Å². The maximum atomic E-state index is 11.6. The van der Waals surface area contributed by atoms with Crippen LogP contribution in [-0.2, 0) is 4.79 Å². The molecule has 0 saturated carbocycles. The van der Waals surface area contributed by atoms with Crippen LogP contribution in [0.2, 0.25) is 0 Å². The van der Waals surface area contributed by atoms with Crippen molar-refractivity contribution >= 4 is 5.91 Å². The Hall–Kier alpha value is -1.01. The fourth-order valence-electron chi connectivity index (χ4n) is 1.20. The van der Waals surface area contributed by atoms with Gasteiger partial charge in [-0.2, -0.15) is 0 Å². The molecular formula is C11H20N2O. The van der Waals surface area contributed by atoms with Gasteiger partial charge in [-0.1, -0.05) is 19.8 Å². The molecule has 0 saturated heterocycles. The molecule has 0 aromatic rings. The average Bonchev–Trinajstić information content (AvgIpc) is 2.18. The second-order valence-corrected chi connectivity index (χ2v) is 3.12. The Balaban J connectivity index is 3.83. The van der Waals surface area contributed by atoms with Crippen molar-refractivity contribution in [3.63, 3.8) is 0 Å². The van der Waals surface area contributed by atoms with Crippen molar-refractivity contribution in [1.29, 1.82) is 0 Å². The number of nitrogens with one attached hydrogen (secondary N) is 1. The van der Waals surface area contributed by atoms with Gasteiger partial charge < -0.3 is 10.2 Å². The average molecular weight is 196 g/mol. The van der Waals surface area contributed by atoms with Crippen molar-refractivity contribution in [3.8, 4) is 12.3 Å². The summed E-state index contributed by atoms with van der Waals surface area (Å²) in [4.78, 5) is 13.3. The molecule has 0 unspecified atom stereocenters. The quantitative estimate of drug-likeness (QED) is 0.484. The molecule has 0 atom stereocenters. The lowest BCUT2D eigenvalue weighted by molar-refractivity contribution is -0.130. The first-order valence-electron chi connectivity index (χ1n) is 5.18. The van der Waals surface area contributed by atoms with Crippen LogP contribution in [0, 0.1) is 12.3 Å². The van der Waals surface area contributed by atoms with Gasteiger partial charge in [-0.15, -0.1) is 6.42 Å². The van der Waals surface area contributed by atoms with Gasteiger partial charge in [-0.25, -0.2) is 0 Å². The Morgan fingerprint density at radius 2 is 2.21 bits per heavy atom. The highest BCUT2D eigenvalue weighted by Crippen LogP contribution is 1.95. The van der Waals surface area contributed by atoms with Crippen molar-refractivity contribution < 1.29 is 4.79 Å². The topological polar surface area (TPSA) is 32.3 Å². The number of terminal acetylenes is 1. The maximum absolute atomic E-state index is 11.6. The van der Waals surface area contributed by atoms with E-state index in [0.717, 1.165) is 26.1 Å². The lowest BCUT2D eigenvalue weighted by Crippen LogP contribution is -2.34. The summed E-state index contributed by atoms with van der Waals surface area (Å²) in [5, 5.41) is 3.12. The molecule has 0 spiro atoms. The largest absolute Gasteiger partial charge is 0.332 e. The minimum absolute atomic E-state index is 0.144. The van der Waals surface area contributed by atoms with Crippen LogP contribution >= 0.6 is 0 Å². The Kier molecular flexibility index (Phi) is 7.96. The first-order valence-corrected chi connectivity index (χ1v) is 5.18. The Morgan fingerprint density at radius 1 is 1.50 bits per heavy atom. The minimum Gasteiger partial charge on any atom is -0.332 e. The van der Waals surface area contributed by atoms with E-state index in [9.17, 15) is 4.79 Å². The number of nitrogens with zero attached hydrogens (tertiary/aromatic N) is 1. The molecule has 1 N–H and O–H groups in total. The second-order valence-electron chi connectivity index (χ2n) is 3.12. The van der Waals surface area contributed by atoms with Gasteiger partial charge in [-0.3, -0.25) is 4.79 Å². The van der Waals surface area contributed by atoms with Gasteiger partial charge >= 0.3 is 0 Å². The van der Waals surface area contributed by atoms with E-state index >= 15 is 0 Å². The summed E-state index contributed by atoms with van der Waals surface area (Å²) in [6, 6.07) is 0. The number of rotatable bonds is 7. The summed E-state index contributed by atoms with van der Waals surface area (Å²) in [6.45, 7) is 6.89. The van der Waals surface area contributed by atoms with Crippen LogP contribution in [0.5, 0.6) is 0 Å². The molecule has 0 aliphatic carbocycles. The predicted molar refractivity (Wildman–Crippen MR) is 58.9 cm³/mol. The molecule has 3 nitrogen and oxygen atoms in total. The molecule has 0 heterocycles. The maximum Gasteiger partial charge on any atom is 0.224 e. The summed E-state index contributed by atoms with van der Waals surface area (Å²) in [5.41, 5.74) is 0. The van der Waals surface area contributed by atoms with E-state index < -0.39 is 0 Å². The fourth-order valence-corrected chi connectivity index (χ4v) is 1.20. The van der Waals surface area contributed by atoms with Crippen LogP contribution in [0.1, 0.15) is 26.7 Å². The predicted octanol–water partition coefficient (Wildman–Crippen LogP) is 0.858. The number of amides is 1. The molecule has 0 aromatic carbocycles. The van der Waals surface area contributed by atoms with Gasteiger partial charge in [0.25, 0.3) is 0 Å². The molecule has 1 amide bonds. The van der Waals surface area contributed by atoms with Crippen molar-refractivity contribution in [1.82, 2.24) is 10.2 Å². The van der Waals surface area contributed by atoms with Gasteiger partial charge in [-0.05, 0) is 13.0 Å². The second kappa shape index (κ2) is 8.58. The van der Waals surface area contributed by atoms with Crippen molar-refractivity contribution in [3.05, 3.63) is 0 Å². The molecule has 0 bridgehead atoms. The molecule has 3 heteroatoms. The van der Waals surface area contributed by atoms with Gasteiger partial charge in [0.1, 0.15) is 0 Å². The molecular weight excluding hydrogens is 176 g/mol. The molecule has 0 radical (unpaired) electrons. The Morgan fingerprint density at radius 3 is 2.71 bits per heavy atom. The lowest BCUT2D eigenvalue weighted by Gasteiger charge is -2.19. The Labute approximate surface area is 86.9 Å². The van der Waals surface area contributed by atoms with Crippen LogP contribution in [0.15, 0.2) is 0 Å². The first-order chi connectivity index (χ1) is 6.76. The first kappa shape index (κ1) is 13.0. The van der Waals surface area contributed by atoms with E-state index in [4.69, 9.17) is 6.42 Å². The zero-order valence-electron chi connectivity index (χ0n) is 9.18. The monoisotopic (exact) mass is 196 g/mol. The lowest BCUT2D eigenvalue weighted by atomic mass is 10.3. The van der Waals surface area contributed by atoms with Gasteiger partial charge in [0.15, 0.2) is 0 Å². The molecule has 80 valence electrons.